The summed E-state index contributed by atoms with van der Waals surface area (Å²) < 4.78 is 0. The third kappa shape index (κ3) is 6.69. The van der Waals surface area contributed by atoms with Gasteiger partial charge in [-0.05, 0) is 13.3 Å². The smallest absolute Gasteiger partial charge is 0.330 e. The van der Waals surface area contributed by atoms with Crippen LogP contribution in [0.1, 0.15) is 13.3 Å². The maximum absolute atomic E-state index is 10.5. The molecule has 1 N–H and O–H groups in total. The zero-order valence-electron chi connectivity index (χ0n) is 9.28. The van der Waals surface area contributed by atoms with Gasteiger partial charge in [0.05, 0.1) is 0 Å². The van der Waals surface area contributed by atoms with E-state index in [-0.39, 0.29) is 0 Å². The molecule has 84 valence electrons. The lowest BCUT2D eigenvalue weighted by Crippen LogP contribution is -2.24. The van der Waals surface area contributed by atoms with Crippen molar-refractivity contribution in [2.75, 3.05) is 19.6 Å². The summed E-state index contributed by atoms with van der Waals surface area (Å²) in [6.45, 7) is 11.4. The van der Waals surface area contributed by atoms with Crippen molar-refractivity contribution >= 4 is 5.97 Å². The second-order valence-electron chi connectivity index (χ2n) is 3.32. The molecule has 0 amide bonds. The maximum Gasteiger partial charge on any atom is 0.330 e. The van der Waals surface area contributed by atoms with Crippen LogP contribution in [-0.2, 0) is 4.79 Å². The Morgan fingerprint density at radius 2 is 1.87 bits per heavy atom. The molecular weight excluding hydrogens is 190 g/mol. The number of hydrogen-bond acceptors (Lipinski definition) is 2. The van der Waals surface area contributed by atoms with E-state index in [1.165, 1.54) is 0 Å². The molecule has 0 aromatic heterocycles. The van der Waals surface area contributed by atoms with Gasteiger partial charge in [-0.1, -0.05) is 18.2 Å². The van der Waals surface area contributed by atoms with E-state index in [0.29, 0.717) is 5.57 Å². The molecule has 0 aromatic carbocycles. The van der Waals surface area contributed by atoms with Crippen LogP contribution in [0, 0.1) is 0 Å². The molecule has 0 saturated heterocycles. The number of rotatable bonds is 8. The van der Waals surface area contributed by atoms with Gasteiger partial charge in [0.15, 0.2) is 0 Å². The molecule has 0 unspecified atom stereocenters. The van der Waals surface area contributed by atoms with Crippen molar-refractivity contribution in [1.82, 2.24) is 4.90 Å². The Morgan fingerprint density at radius 3 is 2.27 bits per heavy atom. The van der Waals surface area contributed by atoms with E-state index >= 15 is 0 Å². The molecule has 0 saturated carbocycles. The Balaban J connectivity index is 3.98. The van der Waals surface area contributed by atoms with Gasteiger partial charge in [0.2, 0.25) is 0 Å². The summed E-state index contributed by atoms with van der Waals surface area (Å²) in [7, 11) is 0. The first-order valence-corrected chi connectivity index (χ1v) is 4.96. The van der Waals surface area contributed by atoms with Crippen LogP contribution in [0.3, 0.4) is 0 Å². The molecule has 0 fully saturated rings. The third-order valence-corrected chi connectivity index (χ3v) is 2.01. The summed E-state index contributed by atoms with van der Waals surface area (Å²) in [5.74, 6) is -0.853. The molecular formula is C12H19NO2. The van der Waals surface area contributed by atoms with Gasteiger partial charge < -0.3 is 5.11 Å². The van der Waals surface area contributed by atoms with Crippen molar-refractivity contribution in [3.8, 4) is 0 Å². The molecule has 0 rings (SSSR count). The Morgan fingerprint density at radius 1 is 1.33 bits per heavy atom. The Labute approximate surface area is 91.4 Å². The van der Waals surface area contributed by atoms with E-state index in [4.69, 9.17) is 5.11 Å². The van der Waals surface area contributed by atoms with E-state index < -0.39 is 5.97 Å². The summed E-state index contributed by atoms with van der Waals surface area (Å²) in [6.07, 6.45) is 6.13. The lowest BCUT2D eigenvalue weighted by Gasteiger charge is -2.17. The first-order chi connectivity index (χ1) is 7.11. The minimum absolute atomic E-state index is 0.396. The predicted octanol–water partition coefficient (Wildman–Crippen LogP) is 2.08. The molecule has 0 aromatic rings. The average molecular weight is 209 g/mol. The molecule has 0 atom stereocenters. The van der Waals surface area contributed by atoms with Gasteiger partial charge in [-0.3, -0.25) is 4.90 Å². The fourth-order valence-corrected chi connectivity index (χ4v) is 1.17. The lowest BCUT2D eigenvalue weighted by atomic mass is 10.2. The molecule has 0 heterocycles. The second kappa shape index (κ2) is 8.00. The molecule has 0 spiro atoms. The van der Waals surface area contributed by atoms with Crippen molar-refractivity contribution in [2.24, 2.45) is 0 Å². The highest BCUT2D eigenvalue weighted by atomic mass is 16.4. The van der Waals surface area contributed by atoms with Gasteiger partial charge >= 0.3 is 5.97 Å². The number of aliphatic carboxylic acids is 1. The number of nitrogens with zero attached hydrogens (tertiary/aromatic N) is 1. The van der Waals surface area contributed by atoms with E-state index in [9.17, 15) is 4.79 Å². The summed E-state index contributed by atoms with van der Waals surface area (Å²) in [6, 6.07) is 0. The van der Waals surface area contributed by atoms with Gasteiger partial charge in [0.1, 0.15) is 0 Å². The first-order valence-electron chi connectivity index (χ1n) is 4.96. The van der Waals surface area contributed by atoms with Crippen LogP contribution in [0.5, 0.6) is 0 Å². The van der Waals surface area contributed by atoms with Crippen LogP contribution in [0.2, 0.25) is 0 Å². The molecule has 0 bridgehead atoms. The standard InChI is InChI=1S/C12H19NO2/c1-4-8-13(9-5-2)10-6-7-11(3)12(14)15/h4-5,7H,1-2,6,8-10H2,3H3,(H,14,15). The highest BCUT2D eigenvalue weighted by Gasteiger charge is 2.01. The quantitative estimate of drug-likeness (QED) is 0.491. The molecule has 0 aliphatic heterocycles. The first kappa shape index (κ1) is 13.7. The third-order valence-electron chi connectivity index (χ3n) is 2.01. The Kier molecular flexibility index (Phi) is 7.28. The molecule has 0 radical (unpaired) electrons. The van der Waals surface area contributed by atoms with Crippen molar-refractivity contribution in [3.63, 3.8) is 0 Å². The van der Waals surface area contributed by atoms with Crippen LogP contribution < -0.4 is 0 Å². The Hall–Kier alpha value is -1.35. The minimum atomic E-state index is -0.853. The summed E-state index contributed by atoms with van der Waals surface area (Å²) in [5, 5.41) is 8.64. The van der Waals surface area contributed by atoms with Gasteiger partial charge in [-0.25, -0.2) is 4.79 Å². The number of hydrogen-bond donors (Lipinski definition) is 1. The molecule has 0 aliphatic rings. The van der Waals surface area contributed by atoms with Crippen LogP contribution in [0.15, 0.2) is 37.0 Å². The van der Waals surface area contributed by atoms with Gasteiger partial charge in [-0.2, -0.15) is 0 Å². The zero-order chi connectivity index (χ0) is 11.7. The van der Waals surface area contributed by atoms with Crippen molar-refractivity contribution in [1.29, 1.82) is 0 Å². The monoisotopic (exact) mass is 209 g/mol. The lowest BCUT2D eigenvalue weighted by molar-refractivity contribution is -0.132. The van der Waals surface area contributed by atoms with Crippen LogP contribution in [-0.4, -0.2) is 35.6 Å². The van der Waals surface area contributed by atoms with Gasteiger partial charge in [0.25, 0.3) is 0 Å². The minimum Gasteiger partial charge on any atom is -0.478 e. The van der Waals surface area contributed by atoms with Gasteiger partial charge in [-0.15, -0.1) is 13.2 Å². The van der Waals surface area contributed by atoms with E-state index in [1.807, 2.05) is 12.2 Å². The predicted molar refractivity (Wildman–Crippen MR) is 62.8 cm³/mol. The Bertz CT molecular complexity index is 246. The second-order valence-corrected chi connectivity index (χ2v) is 3.32. The fourth-order valence-electron chi connectivity index (χ4n) is 1.17. The largest absolute Gasteiger partial charge is 0.478 e. The zero-order valence-corrected chi connectivity index (χ0v) is 9.28. The molecule has 3 nitrogen and oxygen atoms in total. The summed E-state index contributed by atoms with van der Waals surface area (Å²) in [5.41, 5.74) is 0.396. The summed E-state index contributed by atoms with van der Waals surface area (Å²) in [4.78, 5) is 12.7. The fraction of sp³-hybridized carbons (Fsp3) is 0.417. The SMILES string of the molecule is C=CCN(CC=C)CCC=C(C)C(=O)O. The maximum atomic E-state index is 10.5. The highest BCUT2D eigenvalue weighted by molar-refractivity contribution is 5.85. The topological polar surface area (TPSA) is 40.5 Å². The number of carbonyl (C=O) groups is 1. The van der Waals surface area contributed by atoms with Crippen molar-refractivity contribution in [3.05, 3.63) is 37.0 Å². The van der Waals surface area contributed by atoms with Crippen LogP contribution in [0.4, 0.5) is 0 Å². The molecule has 3 heteroatoms. The van der Waals surface area contributed by atoms with Crippen molar-refractivity contribution in [2.45, 2.75) is 13.3 Å². The van der Waals surface area contributed by atoms with Crippen LogP contribution in [0.25, 0.3) is 0 Å². The van der Waals surface area contributed by atoms with E-state index in [0.717, 1.165) is 26.1 Å². The average Bonchev–Trinajstić information content (AvgIpc) is 2.18. The van der Waals surface area contributed by atoms with E-state index in [1.54, 1.807) is 13.0 Å². The molecule has 15 heavy (non-hydrogen) atoms. The highest BCUT2D eigenvalue weighted by Crippen LogP contribution is 1.98. The number of carboxylic acids is 1. The normalized spacial score (nSPS) is 11.5. The molecule has 0 aliphatic carbocycles. The van der Waals surface area contributed by atoms with Gasteiger partial charge in [0, 0.05) is 25.2 Å². The number of carboxylic acid groups (broad SMARTS) is 1. The van der Waals surface area contributed by atoms with Crippen molar-refractivity contribution < 1.29 is 9.90 Å². The van der Waals surface area contributed by atoms with E-state index in [2.05, 4.69) is 18.1 Å². The van der Waals surface area contributed by atoms with Crippen LogP contribution >= 0.6 is 0 Å². The summed E-state index contributed by atoms with van der Waals surface area (Å²) >= 11 is 0.